The third-order valence-electron chi connectivity index (χ3n) is 3.55. The number of carbonyl (C=O) groups excluding carboxylic acids is 2. The fourth-order valence-corrected chi connectivity index (χ4v) is 2.28. The highest BCUT2D eigenvalue weighted by atomic mass is 16.5. The first-order valence-electron chi connectivity index (χ1n) is 7.75. The molecule has 0 radical (unpaired) electrons. The van der Waals surface area contributed by atoms with Crippen molar-refractivity contribution in [3.8, 4) is 5.75 Å². The zero-order valence-corrected chi connectivity index (χ0v) is 13.8. The lowest BCUT2D eigenvalue weighted by Gasteiger charge is -2.17. The highest BCUT2D eigenvalue weighted by Crippen LogP contribution is 2.17. The highest BCUT2D eigenvalue weighted by Gasteiger charge is 2.18. The minimum absolute atomic E-state index is 0.0522. The summed E-state index contributed by atoms with van der Waals surface area (Å²) < 4.78 is 5.37. The number of rotatable bonds is 8. The van der Waals surface area contributed by atoms with E-state index >= 15 is 0 Å². The predicted molar refractivity (Wildman–Crippen MR) is 91.5 cm³/mol. The van der Waals surface area contributed by atoms with E-state index < -0.39 is 17.9 Å². The summed E-state index contributed by atoms with van der Waals surface area (Å²) in [6, 6.07) is 14.7. The Morgan fingerprint density at radius 2 is 1.68 bits per heavy atom. The second-order valence-electron chi connectivity index (χ2n) is 5.50. The van der Waals surface area contributed by atoms with Gasteiger partial charge in [0.1, 0.15) is 5.75 Å². The van der Waals surface area contributed by atoms with Crippen LogP contribution in [0, 0.1) is 0 Å². The second-order valence-corrected chi connectivity index (χ2v) is 5.50. The molecule has 0 aliphatic rings. The van der Waals surface area contributed by atoms with Crippen LogP contribution in [0.5, 0.6) is 5.75 Å². The quantitative estimate of drug-likeness (QED) is 0.720. The van der Waals surface area contributed by atoms with Crippen LogP contribution in [0.1, 0.15) is 35.3 Å². The molecule has 0 aliphatic heterocycles. The molecule has 2 aromatic carbocycles. The fraction of sp³-hybridized carbons (Fsp3) is 0.211. The number of amides is 1. The Morgan fingerprint density at radius 1 is 1.04 bits per heavy atom. The summed E-state index contributed by atoms with van der Waals surface area (Å²) >= 11 is 0. The molecule has 1 amide bonds. The number of carboxylic acids is 1. The summed E-state index contributed by atoms with van der Waals surface area (Å²) in [6.07, 6.45) is -0.219. The maximum absolute atomic E-state index is 12.1. The molecule has 0 bridgehead atoms. The van der Waals surface area contributed by atoms with E-state index in [1.165, 1.54) is 6.92 Å². The zero-order valence-electron chi connectivity index (χ0n) is 13.8. The molecule has 1 atom stereocenters. The third-order valence-corrected chi connectivity index (χ3v) is 3.55. The van der Waals surface area contributed by atoms with E-state index in [4.69, 9.17) is 9.84 Å². The van der Waals surface area contributed by atoms with Gasteiger partial charge in [0, 0.05) is 5.56 Å². The Bertz CT molecular complexity index is 740. The first kappa shape index (κ1) is 18.2. The van der Waals surface area contributed by atoms with Gasteiger partial charge in [-0.2, -0.15) is 0 Å². The van der Waals surface area contributed by atoms with Crippen LogP contribution in [0.2, 0.25) is 0 Å². The molecule has 0 aromatic heterocycles. The van der Waals surface area contributed by atoms with E-state index in [-0.39, 0.29) is 18.8 Å². The number of carboxylic acid groups (broad SMARTS) is 1. The van der Waals surface area contributed by atoms with Crippen molar-refractivity contribution in [2.75, 3.05) is 6.61 Å². The Kier molecular flexibility index (Phi) is 6.28. The van der Waals surface area contributed by atoms with Crippen molar-refractivity contribution in [3.05, 3.63) is 65.7 Å². The summed E-state index contributed by atoms with van der Waals surface area (Å²) in [6.45, 7) is 1.22. The van der Waals surface area contributed by atoms with Gasteiger partial charge in [0.2, 0.25) is 0 Å². The maximum Gasteiger partial charge on any atom is 0.305 e. The molecule has 6 nitrogen and oxygen atoms in total. The number of aliphatic carboxylic acids is 1. The summed E-state index contributed by atoms with van der Waals surface area (Å²) in [5, 5.41) is 11.7. The van der Waals surface area contributed by atoms with Crippen LogP contribution >= 0.6 is 0 Å². The summed E-state index contributed by atoms with van der Waals surface area (Å²) in [7, 11) is 0. The van der Waals surface area contributed by atoms with Gasteiger partial charge in [-0.1, -0.05) is 30.3 Å². The summed E-state index contributed by atoms with van der Waals surface area (Å²) in [5.41, 5.74) is 1.27. The molecular formula is C19H19NO5. The Morgan fingerprint density at radius 3 is 2.24 bits per heavy atom. The average Bonchev–Trinajstić information content (AvgIpc) is 2.60. The van der Waals surface area contributed by atoms with Gasteiger partial charge in [0.25, 0.3) is 5.91 Å². The Labute approximate surface area is 145 Å². The molecule has 2 rings (SSSR count). The van der Waals surface area contributed by atoms with Gasteiger partial charge < -0.3 is 15.2 Å². The number of hydrogen-bond donors (Lipinski definition) is 2. The first-order chi connectivity index (χ1) is 12.0. The van der Waals surface area contributed by atoms with Gasteiger partial charge in [0.05, 0.1) is 12.5 Å². The van der Waals surface area contributed by atoms with Crippen LogP contribution in [-0.2, 0) is 9.59 Å². The molecule has 0 saturated heterocycles. The van der Waals surface area contributed by atoms with Crippen molar-refractivity contribution in [1.29, 1.82) is 0 Å². The minimum atomic E-state index is -1.00. The van der Waals surface area contributed by atoms with Gasteiger partial charge in [-0.25, -0.2) is 0 Å². The number of nitrogens with one attached hydrogen (secondary N) is 1. The molecule has 0 spiro atoms. The number of carbonyl (C=O) groups is 3. The predicted octanol–water partition coefficient (Wildman–Crippen LogP) is 2.60. The zero-order chi connectivity index (χ0) is 18.2. The average molecular weight is 341 g/mol. The van der Waals surface area contributed by atoms with E-state index in [9.17, 15) is 14.4 Å². The van der Waals surface area contributed by atoms with Crippen molar-refractivity contribution in [3.63, 3.8) is 0 Å². The molecule has 2 N–H and O–H groups in total. The van der Waals surface area contributed by atoms with E-state index in [0.717, 1.165) is 0 Å². The normalized spacial score (nSPS) is 11.4. The number of hydrogen-bond acceptors (Lipinski definition) is 4. The molecular weight excluding hydrogens is 322 g/mol. The number of ketones is 1. The van der Waals surface area contributed by atoms with Gasteiger partial charge in [-0.05, 0) is 36.8 Å². The van der Waals surface area contributed by atoms with Crippen LogP contribution in [0.25, 0.3) is 0 Å². The lowest BCUT2D eigenvalue weighted by atomic mass is 10.0. The molecule has 6 heteroatoms. The fourth-order valence-electron chi connectivity index (χ4n) is 2.28. The topological polar surface area (TPSA) is 92.7 Å². The smallest absolute Gasteiger partial charge is 0.305 e. The maximum atomic E-state index is 12.1. The van der Waals surface area contributed by atoms with E-state index in [1.54, 1.807) is 48.5 Å². The molecule has 0 unspecified atom stereocenters. The third kappa shape index (κ3) is 5.76. The summed E-state index contributed by atoms with van der Waals surface area (Å²) in [4.78, 5) is 34.3. The largest absolute Gasteiger partial charge is 0.484 e. The van der Waals surface area contributed by atoms with Crippen LogP contribution in [-0.4, -0.2) is 29.4 Å². The van der Waals surface area contributed by atoms with Crippen molar-refractivity contribution in [2.45, 2.75) is 19.4 Å². The SMILES string of the molecule is CC(=O)c1ccc(OCC(=O)N[C@H](CC(=O)O)c2ccccc2)cc1. The lowest BCUT2D eigenvalue weighted by molar-refractivity contribution is -0.137. The molecule has 0 aliphatic carbocycles. The number of benzene rings is 2. The van der Waals surface area contributed by atoms with Gasteiger partial charge in [0.15, 0.2) is 12.4 Å². The van der Waals surface area contributed by atoms with Gasteiger partial charge in [-0.15, -0.1) is 0 Å². The molecule has 0 fully saturated rings. The molecule has 2 aromatic rings. The highest BCUT2D eigenvalue weighted by molar-refractivity contribution is 5.94. The second kappa shape index (κ2) is 8.63. The standard InChI is InChI=1S/C19H19NO5/c1-13(21)14-7-9-16(10-8-14)25-12-18(22)20-17(11-19(23)24)15-5-3-2-4-6-15/h2-10,17H,11-12H2,1H3,(H,20,22)(H,23,24)/t17-/m1/s1. The molecule has 25 heavy (non-hydrogen) atoms. The van der Waals surface area contributed by atoms with Crippen LogP contribution in [0.15, 0.2) is 54.6 Å². The van der Waals surface area contributed by atoms with Crippen LogP contribution in [0.4, 0.5) is 0 Å². The Balaban J connectivity index is 1.94. The van der Waals surface area contributed by atoms with Gasteiger partial charge in [-0.3, -0.25) is 14.4 Å². The van der Waals surface area contributed by atoms with E-state index in [2.05, 4.69) is 5.32 Å². The van der Waals surface area contributed by atoms with Crippen molar-refractivity contribution < 1.29 is 24.2 Å². The molecule has 0 saturated carbocycles. The van der Waals surface area contributed by atoms with Crippen molar-refractivity contribution >= 4 is 17.7 Å². The van der Waals surface area contributed by atoms with Crippen molar-refractivity contribution in [2.24, 2.45) is 0 Å². The van der Waals surface area contributed by atoms with E-state index in [0.29, 0.717) is 16.9 Å². The van der Waals surface area contributed by atoms with E-state index in [1.807, 2.05) is 6.07 Å². The van der Waals surface area contributed by atoms with Crippen LogP contribution < -0.4 is 10.1 Å². The monoisotopic (exact) mass is 341 g/mol. The number of Topliss-reactive ketones (excluding diaryl/α,β-unsaturated/α-hetero) is 1. The molecule has 0 heterocycles. The van der Waals surface area contributed by atoms with Crippen molar-refractivity contribution in [1.82, 2.24) is 5.32 Å². The first-order valence-corrected chi connectivity index (χ1v) is 7.75. The number of ether oxygens (including phenoxy) is 1. The molecule has 130 valence electrons. The van der Waals surface area contributed by atoms with Gasteiger partial charge >= 0.3 is 5.97 Å². The minimum Gasteiger partial charge on any atom is -0.484 e. The lowest BCUT2D eigenvalue weighted by Crippen LogP contribution is -2.33. The Hall–Kier alpha value is -3.15. The summed E-state index contributed by atoms with van der Waals surface area (Å²) in [5.74, 6) is -1.03. The van der Waals surface area contributed by atoms with Crippen LogP contribution in [0.3, 0.4) is 0 Å².